The lowest BCUT2D eigenvalue weighted by atomic mass is 9.71. The second-order valence-corrected chi connectivity index (χ2v) is 13.7. The maximum Gasteiger partial charge on any atom is -0.0129 e. The molecule has 0 spiro atoms. The van der Waals surface area contributed by atoms with Gasteiger partial charge in [-0.1, -0.05) is 126 Å². The Morgan fingerprint density at radius 1 is 0.581 bits per heavy atom. The molecular formula is C31H48. The van der Waals surface area contributed by atoms with Gasteiger partial charge in [-0.25, -0.2) is 0 Å². The molecule has 0 fully saturated rings. The van der Waals surface area contributed by atoms with Crippen molar-refractivity contribution in [3.8, 4) is 0 Å². The van der Waals surface area contributed by atoms with Crippen LogP contribution in [0.4, 0.5) is 0 Å². The third-order valence-electron chi connectivity index (χ3n) is 6.52. The van der Waals surface area contributed by atoms with Crippen molar-refractivity contribution < 1.29 is 0 Å². The van der Waals surface area contributed by atoms with Gasteiger partial charge in [0.2, 0.25) is 0 Å². The van der Waals surface area contributed by atoms with Gasteiger partial charge in [0.05, 0.1) is 0 Å². The van der Waals surface area contributed by atoms with Gasteiger partial charge >= 0.3 is 0 Å². The van der Waals surface area contributed by atoms with E-state index in [1.54, 1.807) is 5.56 Å². The van der Waals surface area contributed by atoms with Gasteiger partial charge in [-0.15, -0.1) is 0 Å². The summed E-state index contributed by atoms with van der Waals surface area (Å²) in [5.74, 6) is 0.464. The maximum atomic E-state index is 2.47. The van der Waals surface area contributed by atoms with E-state index < -0.39 is 0 Å². The van der Waals surface area contributed by atoms with Crippen molar-refractivity contribution in [1.29, 1.82) is 0 Å². The van der Waals surface area contributed by atoms with E-state index in [0.29, 0.717) is 5.92 Å². The van der Waals surface area contributed by atoms with Gasteiger partial charge in [-0.2, -0.15) is 0 Å². The number of rotatable bonds is 3. The highest BCUT2D eigenvalue weighted by Crippen LogP contribution is 2.40. The molecule has 0 nitrogen and oxygen atoms in total. The lowest BCUT2D eigenvalue weighted by Gasteiger charge is -2.34. The van der Waals surface area contributed by atoms with E-state index in [1.165, 1.54) is 27.8 Å². The van der Waals surface area contributed by atoms with Crippen molar-refractivity contribution in [2.75, 3.05) is 0 Å². The van der Waals surface area contributed by atoms with E-state index in [-0.39, 0.29) is 21.7 Å². The normalized spacial score (nSPS) is 14.6. The Morgan fingerprint density at radius 3 is 1.42 bits per heavy atom. The molecule has 0 bridgehead atoms. The number of hydrogen-bond donors (Lipinski definition) is 0. The van der Waals surface area contributed by atoms with Gasteiger partial charge in [-0.05, 0) is 67.4 Å². The van der Waals surface area contributed by atoms with Crippen LogP contribution in [0.15, 0.2) is 36.4 Å². The van der Waals surface area contributed by atoms with Crippen LogP contribution in [0.1, 0.15) is 129 Å². The van der Waals surface area contributed by atoms with Crippen LogP contribution >= 0.6 is 0 Å². The van der Waals surface area contributed by atoms with Gasteiger partial charge in [0.15, 0.2) is 0 Å². The second-order valence-electron chi connectivity index (χ2n) is 13.7. The Hall–Kier alpha value is -1.56. The minimum absolute atomic E-state index is 0.132. The summed E-state index contributed by atoms with van der Waals surface area (Å²) in [5.41, 5.74) is 9.54. The highest BCUT2D eigenvalue weighted by atomic mass is 14.3. The Morgan fingerprint density at radius 2 is 1.03 bits per heavy atom. The van der Waals surface area contributed by atoms with Gasteiger partial charge in [0.25, 0.3) is 0 Å². The SMILES string of the molecule is CC(Cc1ccc(C(C)(C)C)cc1C(C)(C)C)c1c(C(C)(C)C)cccc1C(C)(C)C. The Labute approximate surface area is 193 Å². The predicted molar refractivity (Wildman–Crippen MR) is 140 cm³/mol. The highest BCUT2D eigenvalue weighted by Gasteiger charge is 2.29. The first-order valence-corrected chi connectivity index (χ1v) is 12.1. The van der Waals surface area contributed by atoms with Crippen LogP contribution in [-0.2, 0) is 28.1 Å². The first kappa shape index (κ1) is 25.7. The van der Waals surface area contributed by atoms with Crippen LogP contribution in [0.3, 0.4) is 0 Å². The molecule has 0 aliphatic rings. The molecule has 0 heteroatoms. The van der Waals surface area contributed by atoms with Crippen molar-refractivity contribution in [3.05, 3.63) is 69.8 Å². The molecule has 0 saturated carbocycles. The summed E-state index contributed by atoms with van der Waals surface area (Å²) in [6.45, 7) is 30.5. The van der Waals surface area contributed by atoms with Crippen LogP contribution in [0.5, 0.6) is 0 Å². The molecule has 0 radical (unpaired) electrons. The fourth-order valence-corrected chi connectivity index (χ4v) is 4.76. The summed E-state index contributed by atoms with van der Waals surface area (Å²) >= 11 is 0. The molecule has 0 N–H and O–H groups in total. The van der Waals surface area contributed by atoms with Crippen LogP contribution in [0, 0.1) is 0 Å². The average molecular weight is 421 g/mol. The van der Waals surface area contributed by atoms with Crippen molar-refractivity contribution in [3.63, 3.8) is 0 Å². The third-order valence-corrected chi connectivity index (χ3v) is 6.52. The predicted octanol–water partition coefficient (Wildman–Crippen LogP) is 9.22. The fourth-order valence-electron chi connectivity index (χ4n) is 4.76. The average Bonchev–Trinajstić information content (AvgIpc) is 2.58. The zero-order chi connectivity index (χ0) is 24.0. The maximum absolute atomic E-state index is 2.47. The first-order valence-electron chi connectivity index (χ1n) is 12.1. The van der Waals surface area contributed by atoms with Crippen LogP contribution in [-0.4, -0.2) is 0 Å². The Kier molecular flexibility index (Phi) is 6.98. The van der Waals surface area contributed by atoms with Gasteiger partial charge in [0, 0.05) is 0 Å². The molecule has 1 atom stereocenters. The van der Waals surface area contributed by atoms with Crippen LogP contribution in [0.25, 0.3) is 0 Å². The quantitative estimate of drug-likeness (QED) is 0.464. The van der Waals surface area contributed by atoms with Crippen molar-refractivity contribution in [2.45, 2.75) is 124 Å². The van der Waals surface area contributed by atoms with E-state index in [9.17, 15) is 0 Å². The second kappa shape index (κ2) is 8.42. The molecule has 2 aromatic rings. The van der Waals surface area contributed by atoms with Crippen LogP contribution in [0.2, 0.25) is 0 Å². The minimum Gasteiger partial charge on any atom is -0.0617 e. The van der Waals surface area contributed by atoms with Crippen LogP contribution < -0.4 is 0 Å². The Bertz CT molecular complexity index is 867. The Balaban J connectivity index is 2.64. The molecule has 0 amide bonds. The molecular weight excluding hydrogens is 372 g/mol. The van der Waals surface area contributed by atoms with E-state index in [1.807, 2.05) is 0 Å². The lowest BCUT2D eigenvalue weighted by molar-refractivity contribution is 0.535. The monoisotopic (exact) mass is 420 g/mol. The first-order chi connectivity index (χ1) is 13.8. The molecule has 0 saturated heterocycles. The summed E-state index contributed by atoms with van der Waals surface area (Å²) in [5, 5.41) is 0. The molecule has 2 aromatic carbocycles. The molecule has 2 rings (SSSR count). The zero-order valence-electron chi connectivity index (χ0n) is 22.7. The molecule has 0 aromatic heterocycles. The summed E-state index contributed by atoms with van der Waals surface area (Å²) < 4.78 is 0. The van der Waals surface area contributed by atoms with Crippen molar-refractivity contribution in [1.82, 2.24) is 0 Å². The van der Waals surface area contributed by atoms with Gasteiger partial charge < -0.3 is 0 Å². The van der Waals surface area contributed by atoms with Crippen molar-refractivity contribution >= 4 is 0 Å². The molecule has 172 valence electrons. The number of hydrogen-bond acceptors (Lipinski definition) is 0. The van der Waals surface area contributed by atoms with E-state index in [0.717, 1.165) is 6.42 Å². The van der Waals surface area contributed by atoms with Crippen molar-refractivity contribution in [2.24, 2.45) is 0 Å². The van der Waals surface area contributed by atoms with E-state index in [2.05, 4.69) is 126 Å². The molecule has 0 aliphatic carbocycles. The molecule has 1 unspecified atom stereocenters. The topological polar surface area (TPSA) is 0 Å². The van der Waals surface area contributed by atoms with E-state index in [4.69, 9.17) is 0 Å². The van der Waals surface area contributed by atoms with Gasteiger partial charge in [-0.3, -0.25) is 0 Å². The van der Waals surface area contributed by atoms with Gasteiger partial charge in [0.1, 0.15) is 0 Å². The molecule has 0 heterocycles. The molecule has 0 aliphatic heterocycles. The highest BCUT2D eigenvalue weighted by molar-refractivity contribution is 5.47. The fraction of sp³-hybridized carbons (Fsp3) is 0.613. The standard InChI is InChI=1S/C31H48/c1-21(27-24(29(5,6)7)15-14-16-25(27)30(8,9)10)19-22-17-18-23(28(2,3)4)20-26(22)31(11,12)13/h14-18,20-21H,19H2,1-13H3. The summed E-state index contributed by atoms with van der Waals surface area (Å²) in [7, 11) is 0. The summed E-state index contributed by atoms with van der Waals surface area (Å²) in [6, 6.07) is 14.2. The third kappa shape index (κ3) is 6.03. The largest absolute Gasteiger partial charge is 0.0617 e. The minimum atomic E-state index is 0.132. The zero-order valence-corrected chi connectivity index (χ0v) is 22.7. The number of benzene rings is 2. The lowest BCUT2D eigenvalue weighted by Crippen LogP contribution is -2.24. The summed E-state index contributed by atoms with van der Waals surface area (Å²) in [6.07, 6.45) is 1.08. The smallest absolute Gasteiger partial charge is 0.0129 e. The van der Waals surface area contributed by atoms with E-state index >= 15 is 0 Å². The summed E-state index contributed by atoms with van der Waals surface area (Å²) in [4.78, 5) is 0. The molecule has 31 heavy (non-hydrogen) atoms.